The van der Waals surface area contributed by atoms with E-state index in [-0.39, 0.29) is 65.4 Å². The topological polar surface area (TPSA) is 155 Å². The van der Waals surface area contributed by atoms with E-state index < -0.39 is 54.2 Å². The number of hydrazine groups is 1. The summed E-state index contributed by atoms with van der Waals surface area (Å²) >= 11 is 12.1. The lowest BCUT2D eigenvalue weighted by Gasteiger charge is -2.43. The molecule has 1 unspecified atom stereocenters. The summed E-state index contributed by atoms with van der Waals surface area (Å²) < 4.78 is 10.3. The van der Waals surface area contributed by atoms with Gasteiger partial charge in [0, 0.05) is 13.0 Å². The van der Waals surface area contributed by atoms with Crippen LogP contribution in [0.2, 0.25) is 10.0 Å². The molecule has 0 bridgehead atoms. The highest BCUT2D eigenvalue weighted by atomic mass is 35.5. The molecule has 2 aromatic rings. The lowest BCUT2D eigenvalue weighted by molar-refractivity contribution is -0.176. The van der Waals surface area contributed by atoms with E-state index in [1.165, 1.54) is 35.5 Å². The first-order valence-corrected chi connectivity index (χ1v) is 14.7. The van der Waals surface area contributed by atoms with Crippen LogP contribution in [0, 0.1) is 5.92 Å². The van der Waals surface area contributed by atoms with Crippen LogP contribution in [0.1, 0.15) is 66.9 Å². The van der Waals surface area contributed by atoms with Gasteiger partial charge in [-0.3, -0.25) is 29.0 Å². The molecule has 12 nitrogen and oxygen atoms in total. The minimum atomic E-state index is -1.11. The van der Waals surface area contributed by atoms with Crippen molar-refractivity contribution in [1.29, 1.82) is 0 Å². The van der Waals surface area contributed by atoms with Crippen LogP contribution in [0.4, 0.5) is 0 Å². The summed E-state index contributed by atoms with van der Waals surface area (Å²) in [5.74, 6) is -3.76. The van der Waals surface area contributed by atoms with Gasteiger partial charge in [0.15, 0.2) is 18.2 Å². The van der Waals surface area contributed by atoms with Crippen molar-refractivity contribution in [3.8, 4) is 0 Å². The minimum absolute atomic E-state index is 0.000661. The fourth-order valence-corrected chi connectivity index (χ4v) is 5.61. The Kier molecular flexibility index (Phi) is 10.5. The molecule has 0 saturated carbocycles. The highest BCUT2D eigenvalue weighted by molar-refractivity contribution is 6.39. The van der Waals surface area contributed by atoms with E-state index in [1.54, 1.807) is 6.07 Å². The minimum Gasteiger partial charge on any atom is -0.459 e. The molecule has 2 N–H and O–H groups in total. The number of carbonyl (C=O) groups is 6. The zero-order valence-corrected chi connectivity index (χ0v) is 25.2. The van der Waals surface area contributed by atoms with Gasteiger partial charge in [-0.2, -0.15) is 0 Å². The van der Waals surface area contributed by atoms with Crippen LogP contribution >= 0.6 is 23.2 Å². The second kappa shape index (κ2) is 14.0. The molecule has 0 spiro atoms. The predicted octanol–water partition coefficient (Wildman–Crippen LogP) is 3.17. The van der Waals surface area contributed by atoms with E-state index in [1.807, 2.05) is 13.8 Å². The molecule has 4 amide bonds. The molecule has 1 aromatic heterocycles. The molecule has 0 radical (unpaired) electrons. The van der Waals surface area contributed by atoms with Crippen molar-refractivity contribution in [3.63, 3.8) is 0 Å². The Balaban J connectivity index is 1.48. The number of esters is 1. The Morgan fingerprint density at radius 3 is 2.44 bits per heavy atom. The highest BCUT2D eigenvalue weighted by Crippen LogP contribution is 2.27. The van der Waals surface area contributed by atoms with Crippen molar-refractivity contribution in [2.24, 2.45) is 5.92 Å². The number of hydrogen-bond acceptors (Lipinski definition) is 8. The molecular weight excluding hydrogens is 603 g/mol. The molecular formula is C29H32Cl2N4O8. The first-order valence-electron chi connectivity index (χ1n) is 13.9. The summed E-state index contributed by atoms with van der Waals surface area (Å²) in [7, 11) is 0. The summed E-state index contributed by atoms with van der Waals surface area (Å²) in [5.41, 5.74) is -0.0802. The molecule has 2 fully saturated rings. The standard InChI is InChI=1S/C29H32Cl2N4O8/c1-16(2)14-20(22(36)15-43-29(41)25-17(30)6-3-7-18(25)31)33-26(38)21-8-4-12-34-24(37)11-10-19(28(40)35(21)34)32-27(39)23-9-5-13-42-23/h3,5-7,9,13,16,19-21H,4,8,10-12,14-15H2,1-2H3,(H,32,39)(H,33,38)/t19-,20?,21-/m0/s1. The summed E-state index contributed by atoms with van der Waals surface area (Å²) in [4.78, 5) is 78.7. The van der Waals surface area contributed by atoms with E-state index in [2.05, 4.69) is 10.6 Å². The van der Waals surface area contributed by atoms with Gasteiger partial charge < -0.3 is 19.8 Å². The number of ketones is 1. The average molecular weight is 636 g/mol. The maximum atomic E-state index is 13.7. The molecule has 2 aliphatic heterocycles. The fourth-order valence-electron chi connectivity index (χ4n) is 5.06. The number of amides is 4. The Hall–Kier alpha value is -3.90. The van der Waals surface area contributed by atoms with Gasteiger partial charge in [0.05, 0.1) is 27.9 Å². The van der Waals surface area contributed by atoms with Gasteiger partial charge in [-0.1, -0.05) is 43.1 Å². The quantitative estimate of drug-likeness (QED) is 0.378. The van der Waals surface area contributed by atoms with Gasteiger partial charge in [0.1, 0.15) is 12.1 Å². The van der Waals surface area contributed by atoms with Gasteiger partial charge in [-0.15, -0.1) is 0 Å². The van der Waals surface area contributed by atoms with E-state index in [9.17, 15) is 28.8 Å². The van der Waals surface area contributed by atoms with Gasteiger partial charge in [-0.25, -0.2) is 9.80 Å². The molecule has 2 saturated heterocycles. The van der Waals surface area contributed by atoms with Crippen molar-refractivity contribution in [2.75, 3.05) is 13.2 Å². The number of fused-ring (bicyclic) bond motifs is 1. The number of halogens is 2. The summed E-state index contributed by atoms with van der Waals surface area (Å²) in [6.45, 7) is 3.28. The Morgan fingerprint density at radius 1 is 1.07 bits per heavy atom. The van der Waals surface area contributed by atoms with Crippen molar-refractivity contribution in [3.05, 3.63) is 58.0 Å². The molecule has 3 atom stereocenters. The lowest BCUT2D eigenvalue weighted by atomic mass is 9.99. The van der Waals surface area contributed by atoms with Crippen LogP contribution in [0.3, 0.4) is 0 Å². The van der Waals surface area contributed by atoms with Crippen LogP contribution in [0.15, 0.2) is 41.0 Å². The summed E-state index contributed by atoms with van der Waals surface area (Å²) in [6.07, 6.45) is 2.23. The van der Waals surface area contributed by atoms with E-state index >= 15 is 0 Å². The highest BCUT2D eigenvalue weighted by Gasteiger charge is 2.45. The number of Topliss-reactive ketones (excluding diaryl/α,β-unsaturated/α-hetero) is 1. The molecule has 14 heteroatoms. The second-order valence-electron chi connectivity index (χ2n) is 10.7. The van der Waals surface area contributed by atoms with Crippen LogP contribution in [-0.2, 0) is 23.9 Å². The molecule has 0 aliphatic carbocycles. The third-order valence-corrected chi connectivity index (χ3v) is 7.77. The summed E-state index contributed by atoms with van der Waals surface area (Å²) in [5, 5.41) is 7.77. The number of carbonyl (C=O) groups excluding carboxylic acids is 6. The number of furan rings is 1. The summed E-state index contributed by atoms with van der Waals surface area (Å²) in [6, 6.07) is 4.21. The predicted molar refractivity (Wildman–Crippen MR) is 154 cm³/mol. The molecule has 2 aliphatic rings. The number of hydrogen-bond donors (Lipinski definition) is 2. The zero-order chi connectivity index (χ0) is 31.3. The number of rotatable bonds is 10. The monoisotopic (exact) mass is 634 g/mol. The van der Waals surface area contributed by atoms with Crippen LogP contribution in [0.5, 0.6) is 0 Å². The van der Waals surface area contributed by atoms with Crippen molar-refractivity contribution in [1.82, 2.24) is 20.7 Å². The fraction of sp³-hybridized carbons (Fsp3) is 0.448. The van der Waals surface area contributed by atoms with Gasteiger partial charge in [0.25, 0.3) is 11.8 Å². The maximum absolute atomic E-state index is 13.7. The SMILES string of the molecule is CC(C)CC(NC(=O)[C@@H]1CCCN2C(=O)CC[C@H](NC(=O)c3ccco3)C(=O)N12)C(=O)COC(=O)c1c(Cl)cccc1Cl. The smallest absolute Gasteiger partial charge is 0.341 e. The Labute approximate surface area is 257 Å². The zero-order valence-electron chi connectivity index (χ0n) is 23.6. The molecule has 1 aromatic carbocycles. The van der Waals surface area contributed by atoms with Crippen LogP contribution in [-0.4, -0.2) is 76.7 Å². The van der Waals surface area contributed by atoms with Gasteiger partial charge >= 0.3 is 5.97 Å². The van der Waals surface area contributed by atoms with E-state index in [0.29, 0.717) is 6.42 Å². The van der Waals surface area contributed by atoms with Crippen molar-refractivity contribution in [2.45, 2.75) is 64.1 Å². The molecule has 43 heavy (non-hydrogen) atoms. The first-order chi connectivity index (χ1) is 20.5. The molecule has 4 rings (SSSR count). The third kappa shape index (κ3) is 7.55. The average Bonchev–Trinajstić information content (AvgIpc) is 3.48. The maximum Gasteiger partial charge on any atom is 0.341 e. The Bertz CT molecular complexity index is 1380. The lowest BCUT2D eigenvalue weighted by Crippen LogP contribution is -2.64. The van der Waals surface area contributed by atoms with Crippen LogP contribution in [0.25, 0.3) is 0 Å². The normalized spacial score (nSPS) is 19.4. The molecule has 3 heterocycles. The Morgan fingerprint density at radius 2 is 1.79 bits per heavy atom. The van der Waals surface area contributed by atoms with Crippen molar-refractivity contribution < 1.29 is 37.9 Å². The molecule has 230 valence electrons. The first kappa shape index (κ1) is 32.0. The van der Waals surface area contributed by atoms with Crippen molar-refractivity contribution >= 4 is 58.6 Å². The number of ether oxygens (including phenoxy) is 1. The largest absolute Gasteiger partial charge is 0.459 e. The van der Waals surface area contributed by atoms with E-state index in [4.69, 9.17) is 32.4 Å². The van der Waals surface area contributed by atoms with Crippen LogP contribution < -0.4 is 10.6 Å². The van der Waals surface area contributed by atoms with E-state index in [0.717, 1.165) is 5.01 Å². The third-order valence-electron chi connectivity index (χ3n) is 7.14. The van der Waals surface area contributed by atoms with Gasteiger partial charge in [0.2, 0.25) is 11.8 Å². The number of nitrogens with one attached hydrogen (secondary N) is 2. The second-order valence-corrected chi connectivity index (χ2v) is 11.5. The van der Waals surface area contributed by atoms with Gasteiger partial charge in [-0.05, 0) is 55.9 Å². The number of benzene rings is 1. The number of nitrogens with zero attached hydrogens (tertiary/aromatic N) is 2.